The van der Waals surface area contributed by atoms with Gasteiger partial charge >= 0.3 is 12.0 Å². The van der Waals surface area contributed by atoms with Gasteiger partial charge in [-0.1, -0.05) is 40.3 Å². The molecule has 6 heterocycles. The fraction of sp³-hybridized carbons (Fsp3) is 0.531. The van der Waals surface area contributed by atoms with Crippen LogP contribution in [0, 0.1) is 11.3 Å². The molecule has 0 radical (unpaired) electrons. The van der Waals surface area contributed by atoms with E-state index in [1.54, 1.807) is 30.2 Å². The van der Waals surface area contributed by atoms with E-state index < -0.39 is 41.3 Å². The molecule has 0 spiro atoms. The molecule has 6 bridgehead atoms. The minimum Gasteiger partial charge on any atom is -0.464 e. The second-order valence-electron chi connectivity index (χ2n) is 18.9. The van der Waals surface area contributed by atoms with Crippen LogP contribution in [0.15, 0.2) is 54.6 Å². The SMILES string of the molecule is C=CC(=O)N1CCN(C(=O)N(C)C(C(=O)N[C@H]2Cc3nc(cs3)-c3ccc4c(c3)c(c(-c3cccnc3[C@H](C)OC)n4CC)CC(C)(C)COC(=O)[C@@H]3CCCN(N3)C2=O)C(C)C)[C@@H](C)C1. The van der Waals surface area contributed by atoms with Crippen molar-refractivity contribution in [1.82, 2.24) is 45.0 Å². The molecule has 1 aromatic carbocycles. The van der Waals surface area contributed by atoms with Crippen molar-refractivity contribution in [1.29, 1.82) is 0 Å². The second-order valence-corrected chi connectivity index (χ2v) is 19.8. The Morgan fingerprint density at radius 3 is 2.62 bits per heavy atom. The van der Waals surface area contributed by atoms with Gasteiger partial charge in [-0.15, -0.1) is 11.3 Å². The van der Waals surface area contributed by atoms with Gasteiger partial charge in [0.2, 0.25) is 11.8 Å². The van der Waals surface area contributed by atoms with Crippen LogP contribution in [0.2, 0.25) is 0 Å². The van der Waals surface area contributed by atoms with E-state index in [9.17, 15) is 24.0 Å². The van der Waals surface area contributed by atoms with Crippen LogP contribution in [-0.4, -0.2) is 135 Å². The fourth-order valence-electron chi connectivity index (χ4n) is 9.64. The van der Waals surface area contributed by atoms with Gasteiger partial charge in [0.1, 0.15) is 18.1 Å². The number of piperazine rings is 1. The maximum atomic E-state index is 14.6. The van der Waals surface area contributed by atoms with E-state index in [2.05, 4.69) is 66.9 Å². The van der Waals surface area contributed by atoms with Gasteiger partial charge in [0.25, 0.3) is 5.91 Å². The molecule has 0 saturated carbocycles. The van der Waals surface area contributed by atoms with Crippen molar-refractivity contribution in [3.8, 4) is 22.5 Å². The lowest BCUT2D eigenvalue weighted by Crippen LogP contribution is -2.63. The molecule has 2 N–H and O–H groups in total. The molecule has 1 unspecified atom stereocenters. The predicted octanol–water partition coefficient (Wildman–Crippen LogP) is 6.00. The molecule has 7 rings (SSSR count). The maximum absolute atomic E-state index is 14.6. The van der Waals surface area contributed by atoms with E-state index in [4.69, 9.17) is 19.4 Å². The number of likely N-dealkylation sites (N-methyl/N-ethyl adjacent to an activating group) is 1. The highest BCUT2D eigenvalue weighted by Gasteiger charge is 2.40. The molecule has 16 nitrogen and oxygen atoms in total. The highest BCUT2D eigenvalue weighted by molar-refractivity contribution is 7.10. The number of benzene rings is 1. The largest absolute Gasteiger partial charge is 0.464 e. The third-order valence-corrected chi connectivity index (χ3v) is 14.0. The molecule has 2 saturated heterocycles. The van der Waals surface area contributed by atoms with Gasteiger partial charge in [-0.2, -0.15) is 0 Å². The van der Waals surface area contributed by atoms with Crippen molar-refractivity contribution in [2.45, 2.75) is 111 Å². The molecule has 2 fully saturated rings. The summed E-state index contributed by atoms with van der Waals surface area (Å²) in [6, 6.07) is 6.93. The second kappa shape index (κ2) is 20.1. The number of amides is 5. The molecule has 66 heavy (non-hydrogen) atoms. The number of aromatic nitrogens is 3. The first-order chi connectivity index (χ1) is 31.5. The van der Waals surface area contributed by atoms with Crippen molar-refractivity contribution in [3.63, 3.8) is 0 Å². The van der Waals surface area contributed by atoms with Crippen LogP contribution in [0.5, 0.6) is 0 Å². The maximum Gasteiger partial charge on any atom is 0.324 e. The van der Waals surface area contributed by atoms with Gasteiger partial charge in [0, 0.05) is 98.4 Å². The Hall–Kier alpha value is -5.65. The fourth-order valence-corrected chi connectivity index (χ4v) is 10.5. The van der Waals surface area contributed by atoms with Crippen LogP contribution in [0.4, 0.5) is 4.79 Å². The highest BCUT2D eigenvalue weighted by Crippen LogP contribution is 2.42. The number of methoxy groups -OCH3 is 1. The van der Waals surface area contributed by atoms with Crippen molar-refractivity contribution in [2.75, 3.05) is 46.9 Å². The van der Waals surface area contributed by atoms with Gasteiger partial charge in [-0.25, -0.2) is 15.2 Å². The van der Waals surface area contributed by atoms with Crippen molar-refractivity contribution in [2.24, 2.45) is 11.3 Å². The summed E-state index contributed by atoms with van der Waals surface area (Å²) in [6.45, 7) is 19.6. The van der Waals surface area contributed by atoms with Crippen molar-refractivity contribution in [3.05, 3.63) is 70.8 Å². The zero-order chi connectivity index (χ0) is 47.6. The number of pyridine rings is 1. The lowest BCUT2D eigenvalue weighted by molar-refractivity contribution is -0.155. The summed E-state index contributed by atoms with van der Waals surface area (Å²) in [5, 5.41) is 8.10. The first-order valence-electron chi connectivity index (χ1n) is 23.0. The Morgan fingerprint density at radius 1 is 1.15 bits per heavy atom. The standard InChI is InChI=1S/C49H65N9O7S/c1-11-41(59)55-21-22-57(30(5)26-55)48(63)54(9)43(29(3)4)45(60)52-37-24-40-51-38(27-66-40)32-17-18-39-34(23-32)35(44(56(39)12-2)33-15-13-19-50-42(33)31(6)64-10)25-49(7,8)28-65-47(62)36-16-14-20-58(53-36)46(37)61/h11,13,15,17-19,23,27,29-31,36-37,43,53H,1,12,14,16,20-22,24-26,28H2,2-10H3,(H,52,60)/t30-,31-,36-,37-,43?/m0/s1. The molecule has 4 aromatic rings. The van der Waals surface area contributed by atoms with E-state index in [1.165, 1.54) is 27.3 Å². The Balaban J connectivity index is 1.26. The Kier molecular flexibility index (Phi) is 14.7. The topological polar surface area (TPSA) is 172 Å². The summed E-state index contributed by atoms with van der Waals surface area (Å²) >= 11 is 1.40. The van der Waals surface area contributed by atoms with E-state index in [0.29, 0.717) is 57.0 Å². The Morgan fingerprint density at radius 2 is 1.92 bits per heavy atom. The van der Waals surface area contributed by atoms with Gasteiger partial charge in [0.05, 0.1) is 34.8 Å². The summed E-state index contributed by atoms with van der Waals surface area (Å²) in [5.74, 6) is -1.90. The van der Waals surface area contributed by atoms with Crippen molar-refractivity contribution >= 4 is 52.0 Å². The molecule has 5 amide bonds. The van der Waals surface area contributed by atoms with Gasteiger partial charge in [-0.05, 0) is 81.9 Å². The summed E-state index contributed by atoms with van der Waals surface area (Å²) in [5.41, 5.74) is 9.25. The van der Waals surface area contributed by atoms with Crippen LogP contribution in [0.1, 0.15) is 83.7 Å². The zero-order valence-corrected chi connectivity index (χ0v) is 40.6. The predicted molar refractivity (Wildman–Crippen MR) is 254 cm³/mol. The number of aryl methyl sites for hydroxylation is 1. The number of rotatable bonds is 9. The van der Waals surface area contributed by atoms with Crippen molar-refractivity contribution < 1.29 is 33.4 Å². The molecule has 0 aliphatic carbocycles. The summed E-state index contributed by atoms with van der Waals surface area (Å²) in [4.78, 5) is 84.1. The lowest BCUT2D eigenvalue weighted by Gasteiger charge is -2.43. The number of fused-ring (bicyclic) bond motifs is 6. The first-order valence-corrected chi connectivity index (χ1v) is 23.9. The van der Waals surface area contributed by atoms with Gasteiger partial charge in [-0.3, -0.25) is 29.2 Å². The van der Waals surface area contributed by atoms with E-state index >= 15 is 0 Å². The number of hydrogen-bond donors (Lipinski definition) is 2. The van der Waals surface area contributed by atoms with E-state index in [0.717, 1.165) is 44.7 Å². The molecular formula is C49H65N9O7S. The quantitative estimate of drug-likeness (QED) is 0.150. The number of thiazole rings is 1. The number of nitrogens with zero attached hydrogens (tertiary/aromatic N) is 7. The molecule has 3 aliphatic rings. The van der Waals surface area contributed by atoms with E-state index in [-0.39, 0.29) is 43.0 Å². The molecule has 5 atom stereocenters. The van der Waals surface area contributed by atoms with Crippen LogP contribution < -0.4 is 10.7 Å². The Labute approximate surface area is 391 Å². The molecule has 3 aliphatic heterocycles. The number of carbonyl (C=O) groups excluding carboxylic acids is 5. The number of esters is 1. The summed E-state index contributed by atoms with van der Waals surface area (Å²) < 4.78 is 14.2. The Bertz CT molecular complexity index is 2480. The average Bonchev–Trinajstić information content (AvgIpc) is 3.90. The number of hydrazine groups is 1. The first kappa shape index (κ1) is 48.3. The third kappa shape index (κ3) is 9.88. The molecular weight excluding hydrogens is 859 g/mol. The van der Waals surface area contributed by atoms with Crippen LogP contribution >= 0.6 is 11.3 Å². The normalized spacial score (nSPS) is 21.2. The smallest absolute Gasteiger partial charge is 0.324 e. The summed E-state index contributed by atoms with van der Waals surface area (Å²) in [7, 11) is 3.28. The number of nitrogens with one attached hydrogen (secondary N) is 2. The molecule has 354 valence electrons. The average molecular weight is 924 g/mol. The van der Waals surface area contributed by atoms with Crippen LogP contribution in [0.25, 0.3) is 33.4 Å². The van der Waals surface area contributed by atoms with E-state index in [1.807, 2.05) is 39.1 Å². The van der Waals surface area contributed by atoms with Gasteiger partial charge < -0.3 is 34.1 Å². The minimum absolute atomic E-state index is 0.0703. The zero-order valence-electron chi connectivity index (χ0n) is 39.8. The number of cyclic esters (lactones) is 1. The number of carbonyl (C=O) groups is 5. The minimum atomic E-state index is -1.09. The monoisotopic (exact) mass is 923 g/mol. The third-order valence-electron chi connectivity index (χ3n) is 13.1. The van der Waals surface area contributed by atoms with Crippen LogP contribution in [0.3, 0.4) is 0 Å². The highest BCUT2D eigenvalue weighted by atomic mass is 32.1. The molecule has 17 heteroatoms. The molecule has 3 aromatic heterocycles. The van der Waals surface area contributed by atoms with Gasteiger partial charge in [0.15, 0.2) is 0 Å². The number of urea groups is 1. The summed E-state index contributed by atoms with van der Waals surface area (Å²) in [6.07, 6.45) is 4.44. The van der Waals surface area contributed by atoms with Crippen LogP contribution in [-0.2, 0) is 48.0 Å². The number of hydrogen-bond acceptors (Lipinski definition) is 11. The lowest BCUT2D eigenvalue weighted by atomic mass is 9.84. The number of ether oxygens (including phenoxy) is 2.